The van der Waals surface area contributed by atoms with Gasteiger partial charge in [-0.2, -0.15) is 0 Å². The maximum absolute atomic E-state index is 4.38. The summed E-state index contributed by atoms with van der Waals surface area (Å²) in [5.41, 5.74) is 1.38. The maximum atomic E-state index is 4.38. The van der Waals surface area contributed by atoms with Gasteiger partial charge < -0.3 is 5.32 Å². The van der Waals surface area contributed by atoms with Crippen molar-refractivity contribution in [3.8, 4) is 0 Å². The van der Waals surface area contributed by atoms with Crippen molar-refractivity contribution in [1.82, 2.24) is 15.3 Å². The number of nitrogens with one attached hydrogen (secondary N) is 1. The Labute approximate surface area is 118 Å². The van der Waals surface area contributed by atoms with E-state index >= 15 is 0 Å². The molecule has 1 heterocycles. The molecule has 1 aromatic rings. The summed E-state index contributed by atoms with van der Waals surface area (Å²) in [4.78, 5) is 8.42. The lowest BCUT2D eigenvalue weighted by molar-refractivity contribution is 0.265. The van der Waals surface area contributed by atoms with E-state index in [1.165, 1.54) is 0 Å². The second-order valence-corrected chi connectivity index (χ2v) is 6.56. The van der Waals surface area contributed by atoms with Crippen LogP contribution in [-0.2, 0) is 6.42 Å². The van der Waals surface area contributed by atoms with Gasteiger partial charge in [0, 0.05) is 18.7 Å². The first kappa shape index (κ1) is 14.8. The molecule has 4 heteroatoms. The Morgan fingerprint density at radius 3 is 2.65 bits per heavy atom. The largest absolute Gasteiger partial charge is 0.313 e. The molecule has 0 amide bonds. The molecule has 0 aliphatic carbocycles. The van der Waals surface area contributed by atoms with Crippen molar-refractivity contribution in [3.05, 3.63) is 21.8 Å². The Kier molecular flexibility index (Phi) is 5.79. The van der Waals surface area contributed by atoms with Crippen molar-refractivity contribution in [2.24, 2.45) is 5.41 Å². The zero-order chi connectivity index (χ0) is 12.9. The summed E-state index contributed by atoms with van der Waals surface area (Å²) < 4.78 is 1.15. The minimum atomic E-state index is 0.239. The van der Waals surface area contributed by atoms with Gasteiger partial charge in [0.25, 0.3) is 0 Å². The van der Waals surface area contributed by atoms with Crippen LogP contribution in [0.15, 0.2) is 12.5 Å². The van der Waals surface area contributed by atoms with Gasteiger partial charge in [0.2, 0.25) is 0 Å². The molecule has 0 saturated carbocycles. The summed E-state index contributed by atoms with van der Waals surface area (Å²) in [6, 6.07) is 0.450. The van der Waals surface area contributed by atoms with Crippen molar-refractivity contribution < 1.29 is 0 Å². The van der Waals surface area contributed by atoms with E-state index < -0.39 is 0 Å². The minimum Gasteiger partial charge on any atom is -0.313 e. The lowest BCUT2D eigenvalue weighted by Gasteiger charge is -2.31. The fourth-order valence-corrected chi connectivity index (χ4v) is 2.20. The van der Waals surface area contributed by atoms with E-state index in [9.17, 15) is 0 Å². The molecule has 96 valence electrons. The topological polar surface area (TPSA) is 37.8 Å². The van der Waals surface area contributed by atoms with Gasteiger partial charge in [-0.25, -0.2) is 9.97 Å². The molecule has 1 unspecified atom stereocenters. The normalized spacial score (nSPS) is 13.7. The van der Waals surface area contributed by atoms with Crippen LogP contribution >= 0.6 is 22.6 Å². The zero-order valence-electron chi connectivity index (χ0n) is 11.1. The molecule has 0 spiro atoms. The van der Waals surface area contributed by atoms with Crippen LogP contribution in [0.2, 0.25) is 0 Å². The van der Waals surface area contributed by atoms with Gasteiger partial charge in [0.1, 0.15) is 6.33 Å². The van der Waals surface area contributed by atoms with Crippen LogP contribution in [0.5, 0.6) is 0 Å². The molecule has 0 radical (unpaired) electrons. The highest BCUT2D eigenvalue weighted by molar-refractivity contribution is 14.1. The van der Waals surface area contributed by atoms with Gasteiger partial charge in [-0.1, -0.05) is 27.7 Å². The average molecular weight is 347 g/mol. The Hall–Kier alpha value is -0.230. The van der Waals surface area contributed by atoms with Gasteiger partial charge in [-0.05, 0) is 41.0 Å². The number of rotatable bonds is 5. The summed E-state index contributed by atoms with van der Waals surface area (Å²) in [5.74, 6) is 0. The zero-order valence-corrected chi connectivity index (χ0v) is 13.3. The molecule has 1 aromatic heterocycles. The highest BCUT2D eigenvalue weighted by Crippen LogP contribution is 2.23. The number of halogens is 1. The van der Waals surface area contributed by atoms with E-state index in [0.717, 1.165) is 28.7 Å². The van der Waals surface area contributed by atoms with E-state index in [1.54, 1.807) is 6.33 Å². The Morgan fingerprint density at radius 2 is 2.12 bits per heavy atom. The van der Waals surface area contributed by atoms with Gasteiger partial charge in [0.05, 0.1) is 9.26 Å². The van der Waals surface area contributed by atoms with Crippen molar-refractivity contribution in [1.29, 1.82) is 0 Å². The van der Waals surface area contributed by atoms with Crippen molar-refractivity contribution >= 4 is 22.6 Å². The Bertz CT molecular complexity index is 347. The monoisotopic (exact) mass is 347 g/mol. The van der Waals surface area contributed by atoms with Crippen LogP contribution in [0.25, 0.3) is 0 Å². The Balaban J connectivity index is 2.76. The first-order valence-electron chi connectivity index (χ1n) is 6.13. The first-order chi connectivity index (χ1) is 7.95. The average Bonchev–Trinajstić information content (AvgIpc) is 2.25. The third kappa shape index (κ3) is 4.87. The standard InChI is InChI=1S/C13H22IN3/c1-5-6-16-12(13(2,3)4)7-11-10(14)8-15-9-17-11/h8-9,12,16H,5-7H2,1-4H3. The van der Waals surface area contributed by atoms with Crippen LogP contribution in [-0.4, -0.2) is 22.6 Å². The lowest BCUT2D eigenvalue weighted by atomic mass is 9.84. The number of hydrogen-bond acceptors (Lipinski definition) is 3. The molecule has 1 rings (SSSR count). The minimum absolute atomic E-state index is 0.239. The maximum Gasteiger partial charge on any atom is 0.115 e. The smallest absolute Gasteiger partial charge is 0.115 e. The molecule has 0 aromatic carbocycles. The van der Waals surface area contributed by atoms with Crippen LogP contribution in [0, 0.1) is 8.99 Å². The molecule has 0 bridgehead atoms. The molecule has 3 nitrogen and oxygen atoms in total. The van der Waals surface area contributed by atoms with Crippen molar-refractivity contribution in [2.45, 2.75) is 46.6 Å². The fraction of sp³-hybridized carbons (Fsp3) is 0.692. The SMILES string of the molecule is CCCNC(Cc1ncncc1I)C(C)(C)C. The molecule has 1 N–H and O–H groups in total. The molecule has 0 aliphatic rings. The van der Waals surface area contributed by atoms with Gasteiger partial charge in [-0.15, -0.1) is 0 Å². The van der Waals surface area contributed by atoms with Crippen LogP contribution in [0.3, 0.4) is 0 Å². The molecule has 0 fully saturated rings. The highest BCUT2D eigenvalue weighted by atomic mass is 127. The fourth-order valence-electron chi connectivity index (χ4n) is 1.68. The first-order valence-corrected chi connectivity index (χ1v) is 7.20. The molecular formula is C13H22IN3. The Morgan fingerprint density at radius 1 is 1.41 bits per heavy atom. The van der Waals surface area contributed by atoms with Crippen LogP contribution in [0.1, 0.15) is 39.8 Å². The molecule has 1 atom stereocenters. The summed E-state index contributed by atoms with van der Waals surface area (Å²) in [6.45, 7) is 10.1. The van der Waals surface area contributed by atoms with Crippen LogP contribution < -0.4 is 5.32 Å². The summed E-state index contributed by atoms with van der Waals surface area (Å²) in [6.07, 6.45) is 5.64. The van der Waals surface area contributed by atoms with Crippen LogP contribution in [0.4, 0.5) is 0 Å². The molecular weight excluding hydrogens is 325 g/mol. The van der Waals surface area contributed by atoms with Gasteiger partial charge in [0.15, 0.2) is 0 Å². The van der Waals surface area contributed by atoms with E-state index in [2.05, 4.69) is 65.6 Å². The van der Waals surface area contributed by atoms with E-state index in [1.807, 2.05) is 6.20 Å². The second kappa shape index (κ2) is 6.64. The second-order valence-electron chi connectivity index (χ2n) is 5.39. The van der Waals surface area contributed by atoms with E-state index in [4.69, 9.17) is 0 Å². The highest BCUT2D eigenvalue weighted by Gasteiger charge is 2.25. The lowest BCUT2D eigenvalue weighted by Crippen LogP contribution is -2.42. The van der Waals surface area contributed by atoms with Gasteiger partial charge >= 0.3 is 0 Å². The third-order valence-electron chi connectivity index (χ3n) is 2.83. The van der Waals surface area contributed by atoms with E-state index in [0.29, 0.717) is 6.04 Å². The van der Waals surface area contributed by atoms with Gasteiger partial charge in [-0.3, -0.25) is 0 Å². The number of nitrogens with zero attached hydrogens (tertiary/aromatic N) is 2. The summed E-state index contributed by atoms with van der Waals surface area (Å²) >= 11 is 2.31. The predicted molar refractivity (Wildman–Crippen MR) is 80.0 cm³/mol. The molecule has 17 heavy (non-hydrogen) atoms. The van der Waals surface area contributed by atoms with Crippen molar-refractivity contribution in [3.63, 3.8) is 0 Å². The number of hydrogen-bond donors (Lipinski definition) is 1. The molecule has 0 saturated heterocycles. The van der Waals surface area contributed by atoms with Crippen molar-refractivity contribution in [2.75, 3.05) is 6.54 Å². The molecule has 0 aliphatic heterocycles. The summed E-state index contributed by atoms with van der Waals surface area (Å²) in [7, 11) is 0. The van der Waals surface area contributed by atoms with E-state index in [-0.39, 0.29) is 5.41 Å². The predicted octanol–water partition coefficient (Wildman–Crippen LogP) is 3.04. The summed E-state index contributed by atoms with van der Waals surface area (Å²) in [5, 5.41) is 3.62. The number of aromatic nitrogens is 2. The third-order valence-corrected chi connectivity index (χ3v) is 3.73. The quantitative estimate of drug-likeness (QED) is 0.832.